The number of piperidine rings is 1. The van der Waals surface area contributed by atoms with E-state index in [1.54, 1.807) is 11.4 Å². The lowest BCUT2D eigenvalue weighted by Gasteiger charge is -2.34. The predicted octanol–water partition coefficient (Wildman–Crippen LogP) is 1.70. The lowest BCUT2D eigenvalue weighted by Crippen LogP contribution is -2.48. The molecule has 2 fully saturated rings. The van der Waals surface area contributed by atoms with Crippen LogP contribution < -0.4 is 4.74 Å². The molecule has 138 valence electrons. The van der Waals surface area contributed by atoms with Gasteiger partial charge in [-0.2, -0.15) is 17.0 Å². The lowest BCUT2D eigenvalue weighted by molar-refractivity contribution is -0.142. The molecule has 0 amide bonds. The summed E-state index contributed by atoms with van der Waals surface area (Å²) in [5.74, 6) is -0.618. The minimum Gasteiger partial charge on any atom is -0.496 e. The molecule has 2 aliphatic rings. The van der Waals surface area contributed by atoms with Crippen molar-refractivity contribution in [3.8, 4) is 5.75 Å². The van der Waals surface area contributed by atoms with Crippen molar-refractivity contribution in [2.24, 2.45) is 5.92 Å². The van der Waals surface area contributed by atoms with Crippen LogP contribution in [0.5, 0.6) is 5.75 Å². The summed E-state index contributed by atoms with van der Waals surface area (Å²) in [4.78, 5) is 11.1. The Morgan fingerprint density at radius 3 is 2.44 bits per heavy atom. The number of rotatable bonds is 7. The van der Waals surface area contributed by atoms with Gasteiger partial charge < -0.3 is 9.84 Å². The minimum absolute atomic E-state index is 0.0205. The van der Waals surface area contributed by atoms with E-state index in [9.17, 15) is 13.2 Å². The van der Waals surface area contributed by atoms with Gasteiger partial charge in [0.2, 0.25) is 0 Å². The van der Waals surface area contributed by atoms with Crippen LogP contribution in [0.3, 0.4) is 0 Å². The fourth-order valence-electron chi connectivity index (χ4n) is 3.24. The fraction of sp³-hybridized carbons (Fsp3) is 0.588. The van der Waals surface area contributed by atoms with Crippen molar-refractivity contribution in [3.63, 3.8) is 0 Å². The molecule has 1 aromatic rings. The topological polar surface area (TPSA) is 87.2 Å². The largest absolute Gasteiger partial charge is 0.496 e. The number of ether oxygens (including phenoxy) is 1. The van der Waals surface area contributed by atoms with E-state index in [2.05, 4.69) is 0 Å². The van der Waals surface area contributed by atoms with Crippen LogP contribution in [-0.2, 0) is 21.5 Å². The molecule has 8 heteroatoms. The molecule has 1 aliphatic carbocycles. The number of benzene rings is 1. The van der Waals surface area contributed by atoms with Gasteiger partial charge in [-0.1, -0.05) is 18.2 Å². The number of hydrogen-bond acceptors (Lipinski definition) is 4. The van der Waals surface area contributed by atoms with Crippen molar-refractivity contribution in [2.45, 2.75) is 38.3 Å². The van der Waals surface area contributed by atoms with Gasteiger partial charge in [-0.15, -0.1) is 0 Å². The Kier molecular flexibility index (Phi) is 5.31. The number of nitrogens with zero attached hydrogens (tertiary/aromatic N) is 2. The minimum atomic E-state index is -3.62. The van der Waals surface area contributed by atoms with Crippen LogP contribution in [0.4, 0.5) is 0 Å². The molecule has 1 aromatic carbocycles. The molecule has 1 aliphatic heterocycles. The van der Waals surface area contributed by atoms with Gasteiger partial charge in [-0.05, 0) is 31.7 Å². The number of carbonyl (C=O) groups is 1. The lowest BCUT2D eigenvalue weighted by atomic mass is 9.99. The Bertz CT molecular complexity index is 724. The molecule has 0 unspecified atom stereocenters. The monoisotopic (exact) mass is 368 g/mol. The Morgan fingerprint density at radius 1 is 1.24 bits per heavy atom. The summed E-state index contributed by atoms with van der Waals surface area (Å²) in [6.07, 6.45) is 2.45. The highest BCUT2D eigenvalue weighted by molar-refractivity contribution is 7.86. The number of methoxy groups -OCH3 is 1. The van der Waals surface area contributed by atoms with Crippen molar-refractivity contribution in [3.05, 3.63) is 29.8 Å². The third-order valence-electron chi connectivity index (χ3n) is 4.90. The van der Waals surface area contributed by atoms with E-state index in [-0.39, 0.29) is 25.7 Å². The summed E-state index contributed by atoms with van der Waals surface area (Å²) < 4.78 is 34.5. The zero-order valence-electron chi connectivity index (χ0n) is 14.3. The van der Waals surface area contributed by atoms with Gasteiger partial charge >= 0.3 is 5.97 Å². The number of hydrogen-bond donors (Lipinski definition) is 1. The van der Waals surface area contributed by atoms with Crippen LogP contribution in [0.2, 0.25) is 0 Å². The van der Waals surface area contributed by atoms with E-state index < -0.39 is 22.1 Å². The normalized spacial score (nSPS) is 19.9. The van der Waals surface area contributed by atoms with Crippen molar-refractivity contribution in [1.82, 2.24) is 8.61 Å². The molecule has 0 bridgehead atoms. The van der Waals surface area contributed by atoms with Crippen LogP contribution in [0.25, 0.3) is 0 Å². The molecule has 0 aromatic heterocycles. The van der Waals surface area contributed by atoms with Crippen LogP contribution in [0.1, 0.15) is 31.2 Å². The molecule has 0 spiro atoms. The number of carboxylic acids is 1. The summed E-state index contributed by atoms with van der Waals surface area (Å²) in [6.45, 7) is 0.790. The van der Waals surface area contributed by atoms with Crippen molar-refractivity contribution in [2.75, 3.05) is 20.2 Å². The first-order valence-corrected chi connectivity index (χ1v) is 9.95. The molecule has 1 saturated carbocycles. The highest BCUT2D eigenvalue weighted by atomic mass is 32.2. The average molecular weight is 368 g/mol. The van der Waals surface area contributed by atoms with E-state index in [1.807, 2.05) is 24.3 Å². The third-order valence-corrected chi connectivity index (χ3v) is 6.94. The number of aliphatic carboxylic acids is 1. The zero-order valence-corrected chi connectivity index (χ0v) is 15.1. The number of para-hydroxylation sites is 1. The summed E-state index contributed by atoms with van der Waals surface area (Å²) in [7, 11) is -2.04. The van der Waals surface area contributed by atoms with Crippen molar-refractivity contribution in [1.29, 1.82) is 0 Å². The van der Waals surface area contributed by atoms with Gasteiger partial charge in [0.1, 0.15) is 5.75 Å². The van der Waals surface area contributed by atoms with Gasteiger partial charge in [0.15, 0.2) is 0 Å². The first kappa shape index (κ1) is 18.2. The van der Waals surface area contributed by atoms with Gasteiger partial charge in [-0.3, -0.25) is 4.79 Å². The first-order valence-electron chi connectivity index (χ1n) is 8.55. The molecule has 25 heavy (non-hydrogen) atoms. The average Bonchev–Trinajstić information content (AvgIpc) is 3.44. The molecular weight excluding hydrogens is 344 g/mol. The maximum Gasteiger partial charge on any atom is 0.306 e. The van der Waals surface area contributed by atoms with Crippen LogP contribution in [0, 0.1) is 5.92 Å². The van der Waals surface area contributed by atoms with Crippen LogP contribution >= 0.6 is 0 Å². The van der Waals surface area contributed by atoms with E-state index in [4.69, 9.17) is 9.84 Å². The van der Waals surface area contributed by atoms with Gasteiger partial charge in [0.25, 0.3) is 10.2 Å². The molecule has 1 heterocycles. The van der Waals surface area contributed by atoms with Gasteiger partial charge in [0.05, 0.1) is 13.0 Å². The Morgan fingerprint density at radius 2 is 1.88 bits per heavy atom. The second kappa shape index (κ2) is 7.31. The number of carboxylic acid groups (broad SMARTS) is 1. The van der Waals surface area contributed by atoms with Crippen LogP contribution in [-0.4, -0.2) is 54.3 Å². The van der Waals surface area contributed by atoms with Gasteiger partial charge in [0, 0.05) is 31.2 Å². The summed E-state index contributed by atoms with van der Waals surface area (Å²) in [6, 6.07) is 7.45. The molecule has 0 atom stereocenters. The Labute approximate surface area is 148 Å². The summed E-state index contributed by atoms with van der Waals surface area (Å²) >= 11 is 0. The quantitative estimate of drug-likeness (QED) is 0.791. The molecule has 3 rings (SSSR count). The third kappa shape index (κ3) is 3.96. The highest BCUT2D eigenvalue weighted by Crippen LogP contribution is 2.34. The predicted molar refractivity (Wildman–Crippen MR) is 92.4 cm³/mol. The van der Waals surface area contributed by atoms with Gasteiger partial charge in [-0.25, -0.2) is 0 Å². The maximum atomic E-state index is 13.1. The smallest absolute Gasteiger partial charge is 0.306 e. The maximum absolute atomic E-state index is 13.1. The van der Waals surface area contributed by atoms with Crippen LogP contribution in [0.15, 0.2) is 24.3 Å². The molecule has 1 saturated heterocycles. The molecule has 1 N–H and O–H groups in total. The standard InChI is InChI=1S/C17H24N2O5S/c1-24-16-5-3-2-4-14(16)12-19(15-6-7-15)25(22,23)18-10-8-13(9-11-18)17(20)21/h2-5,13,15H,6-12H2,1H3,(H,20,21). The van der Waals surface area contributed by atoms with Crippen molar-refractivity contribution < 1.29 is 23.1 Å². The SMILES string of the molecule is COc1ccccc1CN(C1CC1)S(=O)(=O)N1CCC(C(=O)O)CC1. The second-order valence-corrected chi connectivity index (χ2v) is 8.49. The van der Waals surface area contributed by atoms with E-state index >= 15 is 0 Å². The second-order valence-electron chi connectivity index (χ2n) is 6.61. The van der Waals surface area contributed by atoms with E-state index in [1.165, 1.54) is 4.31 Å². The molecule has 0 radical (unpaired) electrons. The van der Waals surface area contributed by atoms with E-state index in [0.717, 1.165) is 18.4 Å². The van der Waals surface area contributed by atoms with Crippen molar-refractivity contribution >= 4 is 16.2 Å². The highest BCUT2D eigenvalue weighted by Gasteiger charge is 2.42. The summed E-state index contributed by atoms with van der Waals surface area (Å²) in [5.41, 5.74) is 0.834. The molecular formula is C17H24N2O5S. The molecule has 7 nitrogen and oxygen atoms in total. The Balaban J connectivity index is 1.77. The summed E-state index contributed by atoms with van der Waals surface area (Å²) in [5, 5.41) is 9.09. The zero-order chi connectivity index (χ0) is 18.0. The van der Waals surface area contributed by atoms with E-state index in [0.29, 0.717) is 18.6 Å². The fourth-order valence-corrected chi connectivity index (χ4v) is 5.10. The first-order chi connectivity index (χ1) is 11.9. The Hall–Kier alpha value is -1.64.